The Morgan fingerprint density at radius 3 is 1.67 bits per heavy atom. The summed E-state index contributed by atoms with van der Waals surface area (Å²) in [5, 5.41) is 31.6. The Morgan fingerprint density at radius 2 is 1.13 bits per heavy atom. The Hall–Kier alpha value is -10.4. The summed E-state index contributed by atoms with van der Waals surface area (Å²) in [6.07, 6.45) is 1.97. The van der Waals surface area contributed by atoms with Crippen LogP contribution in [-0.2, 0) is 18.4 Å². The number of carbonyl (C=O) groups is 3. The third-order valence-electron chi connectivity index (χ3n) is 17.4. The fourth-order valence-electron chi connectivity index (χ4n) is 12.6. The molecule has 93 heavy (non-hydrogen) atoms. The highest BCUT2D eigenvalue weighted by Gasteiger charge is 2.35. The SMILES string of the molecule is COc1ccc(C(=O)N2CCN(c3c(C#N)c(OCCCN(C)C)nc4ccccc34)CC2)cc1.Cn1c(=O)c(C#N)c(N2CCN(C(=O)C3CCCC3)CC2)c2ccccc21.N#Cc1c(N2CCN(C(=O)c3ccco3)CC2)c2ccccc2n(CC(F)(F)F)c1=O. The number of methoxy groups -OCH3 is 1. The molecule has 0 N–H and O–H groups in total. The predicted octanol–water partition coefficient (Wildman–Crippen LogP) is 8.65. The van der Waals surface area contributed by atoms with Crippen LogP contribution >= 0.6 is 0 Å². The Balaban J connectivity index is 0.000000154. The number of alkyl halides is 3. The van der Waals surface area contributed by atoms with Gasteiger partial charge < -0.3 is 52.8 Å². The molecule has 0 bridgehead atoms. The van der Waals surface area contributed by atoms with Crippen LogP contribution in [0.4, 0.5) is 30.2 Å². The molecule has 8 aromatic rings. The molecular weight excluding hydrogens is 1200 g/mol. The first kappa shape index (κ1) is 65.6. The van der Waals surface area contributed by atoms with Gasteiger partial charge in [-0.05, 0) is 88.0 Å². The number of hydrogen-bond donors (Lipinski definition) is 0. The Kier molecular flexibility index (Phi) is 20.6. The second-order valence-electron chi connectivity index (χ2n) is 23.4. The fourth-order valence-corrected chi connectivity index (χ4v) is 12.6. The second-order valence-corrected chi connectivity index (χ2v) is 23.4. The fraction of sp³-hybridized carbons (Fsp3) is 0.377. The predicted molar refractivity (Wildman–Crippen MR) is 347 cm³/mol. The number of fused-ring (bicyclic) bond motifs is 3. The Morgan fingerprint density at radius 1 is 0.624 bits per heavy atom. The lowest BCUT2D eigenvalue weighted by Crippen LogP contribution is -2.50. The molecule has 3 aliphatic heterocycles. The van der Waals surface area contributed by atoms with Gasteiger partial charge in [-0.25, -0.2) is 4.98 Å². The zero-order valence-corrected chi connectivity index (χ0v) is 52.4. The normalized spacial score (nSPS) is 15.3. The highest BCUT2D eigenvalue weighted by molar-refractivity contribution is 5.99. The van der Waals surface area contributed by atoms with Crippen LogP contribution in [0.3, 0.4) is 0 Å². The number of rotatable bonds is 13. The van der Waals surface area contributed by atoms with E-state index in [1.807, 2.05) is 72.4 Å². The maximum atomic E-state index is 13.1. The van der Waals surface area contributed by atoms with Gasteiger partial charge in [-0.15, -0.1) is 0 Å². The molecule has 4 aliphatic rings. The Bertz CT molecular complexity index is 4270. The van der Waals surface area contributed by atoms with Crippen molar-refractivity contribution in [3.05, 3.63) is 164 Å². The number of benzene rings is 4. The molecule has 0 spiro atoms. The van der Waals surface area contributed by atoms with Gasteiger partial charge in [0.15, 0.2) is 5.76 Å². The van der Waals surface area contributed by atoms with E-state index >= 15 is 0 Å². The maximum absolute atomic E-state index is 13.1. The van der Waals surface area contributed by atoms with Crippen LogP contribution in [0.15, 0.2) is 129 Å². The van der Waals surface area contributed by atoms with Crippen LogP contribution in [0.1, 0.15) is 69.7 Å². The minimum atomic E-state index is -4.61. The van der Waals surface area contributed by atoms with Gasteiger partial charge in [0.25, 0.3) is 22.9 Å². The van der Waals surface area contributed by atoms with E-state index in [9.17, 15) is 52.9 Å². The molecule has 482 valence electrons. The quantitative estimate of drug-likeness (QED) is 0.0982. The van der Waals surface area contributed by atoms with Gasteiger partial charge in [0.1, 0.15) is 47.2 Å². The smallest absolute Gasteiger partial charge is 0.406 e. The van der Waals surface area contributed by atoms with Crippen molar-refractivity contribution in [2.45, 2.75) is 44.8 Å². The van der Waals surface area contributed by atoms with Crippen LogP contribution in [0.25, 0.3) is 32.7 Å². The monoisotopic (exact) mass is 1270 g/mol. The van der Waals surface area contributed by atoms with Crippen molar-refractivity contribution < 1.29 is 41.4 Å². The molecular formula is C69H72F3N13O8. The molecule has 0 radical (unpaired) electrons. The van der Waals surface area contributed by atoms with Gasteiger partial charge in [-0.2, -0.15) is 29.0 Å². The number of aromatic nitrogens is 3. The van der Waals surface area contributed by atoms with Crippen molar-refractivity contribution in [3.8, 4) is 29.8 Å². The maximum Gasteiger partial charge on any atom is 0.406 e. The summed E-state index contributed by atoms with van der Waals surface area (Å²) in [6, 6.07) is 38.3. The number of piperazine rings is 3. The molecule has 24 heteroatoms. The largest absolute Gasteiger partial charge is 0.497 e. The molecule has 7 heterocycles. The molecule has 0 atom stereocenters. The molecule has 0 unspecified atom stereocenters. The van der Waals surface area contributed by atoms with E-state index in [1.54, 1.807) is 84.6 Å². The number of nitrogens with zero attached hydrogens (tertiary/aromatic N) is 13. The molecule has 4 aromatic heterocycles. The summed E-state index contributed by atoms with van der Waals surface area (Å²) >= 11 is 0. The van der Waals surface area contributed by atoms with Gasteiger partial charge >= 0.3 is 6.18 Å². The first-order chi connectivity index (χ1) is 44.9. The van der Waals surface area contributed by atoms with Crippen LogP contribution in [0.5, 0.6) is 11.6 Å². The first-order valence-corrected chi connectivity index (χ1v) is 31.0. The third kappa shape index (κ3) is 14.5. The summed E-state index contributed by atoms with van der Waals surface area (Å²) in [5.74, 6) is 1.51. The van der Waals surface area contributed by atoms with Crippen molar-refractivity contribution in [1.82, 2.24) is 33.7 Å². The summed E-state index contributed by atoms with van der Waals surface area (Å²) in [5.41, 5.74) is 3.24. The number of halogens is 3. The number of furan rings is 1. The molecule has 1 aliphatic carbocycles. The van der Waals surface area contributed by atoms with E-state index in [-0.39, 0.29) is 51.6 Å². The summed E-state index contributed by atoms with van der Waals surface area (Å²) in [4.78, 5) is 81.9. The minimum absolute atomic E-state index is 0.00249. The van der Waals surface area contributed by atoms with E-state index in [0.717, 1.165) is 71.9 Å². The highest BCUT2D eigenvalue weighted by Crippen LogP contribution is 2.37. The third-order valence-corrected chi connectivity index (χ3v) is 17.4. The van der Waals surface area contributed by atoms with Gasteiger partial charge in [0, 0.05) is 120 Å². The first-order valence-electron chi connectivity index (χ1n) is 31.0. The number of nitriles is 3. The number of aryl methyl sites for hydroxylation is 1. The molecule has 3 amide bonds. The lowest BCUT2D eigenvalue weighted by Gasteiger charge is -2.38. The summed E-state index contributed by atoms with van der Waals surface area (Å²) < 4.78 is 57.7. The second kappa shape index (κ2) is 29.3. The van der Waals surface area contributed by atoms with Crippen LogP contribution < -0.4 is 35.3 Å². The molecule has 21 nitrogen and oxygen atoms in total. The van der Waals surface area contributed by atoms with Crippen LogP contribution in [0, 0.1) is 39.9 Å². The van der Waals surface area contributed by atoms with Crippen LogP contribution in [-0.4, -0.2) is 171 Å². The minimum Gasteiger partial charge on any atom is -0.497 e. The zero-order chi connectivity index (χ0) is 65.9. The summed E-state index contributed by atoms with van der Waals surface area (Å²) in [6.45, 7) is 6.08. The van der Waals surface area contributed by atoms with E-state index in [4.69, 9.17) is 13.9 Å². The lowest BCUT2D eigenvalue weighted by molar-refractivity contribution is -0.140. The van der Waals surface area contributed by atoms with Crippen molar-refractivity contribution in [2.24, 2.45) is 13.0 Å². The standard InChI is InChI=1S/C27H31N5O3.C21H17F3N4O3.C21H24N4O2/c1-30(2)13-6-18-35-26-23(19-28)25(22-7-4-5-8-24(22)29-26)31-14-16-32(17-15-31)27(33)20-9-11-21(34-3)12-10-20;22-21(23,24)13-28-16-5-2-1-4-14(16)18(15(12-25)19(28)29)26-7-9-27(10-8-26)20(30)17-6-3-11-31-17;1-23-18-9-5-4-8-16(18)19(17(14-22)21(23)27)24-10-12-25(13-11-24)20(26)15-6-2-3-7-15/h4-5,7-12H,6,13-18H2,1-3H3;1-6,11H,7-10,13H2;4-5,8-9,15H,2-3,6-7,10-13H2,1H3. The number of ether oxygens (including phenoxy) is 2. The lowest BCUT2D eigenvalue weighted by atomic mass is 10.0. The van der Waals surface area contributed by atoms with E-state index in [0.29, 0.717) is 123 Å². The molecule has 1 saturated carbocycles. The van der Waals surface area contributed by atoms with Crippen molar-refractivity contribution >= 4 is 67.5 Å². The molecule has 4 aromatic carbocycles. The molecule has 3 saturated heterocycles. The number of amides is 3. The number of anilines is 3. The van der Waals surface area contributed by atoms with E-state index in [1.165, 1.54) is 16.9 Å². The van der Waals surface area contributed by atoms with E-state index < -0.39 is 18.3 Å². The van der Waals surface area contributed by atoms with Gasteiger partial charge in [-0.3, -0.25) is 28.5 Å². The average molecular weight is 1270 g/mol. The van der Waals surface area contributed by atoms with Gasteiger partial charge in [0.2, 0.25) is 11.8 Å². The summed E-state index contributed by atoms with van der Waals surface area (Å²) in [7, 11) is 7.35. The number of hydrogen-bond acceptors (Lipinski definition) is 16. The average Bonchev–Trinajstić information content (AvgIpc) is 0.904. The van der Waals surface area contributed by atoms with Gasteiger partial charge in [0.05, 0.1) is 53.6 Å². The number of para-hydroxylation sites is 3. The van der Waals surface area contributed by atoms with Crippen molar-refractivity contribution in [2.75, 3.05) is 128 Å². The molecule has 12 rings (SSSR count). The zero-order valence-electron chi connectivity index (χ0n) is 52.4. The Labute approximate surface area is 535 Å². The van der Waals surface area contributed by atoms with Crippen LogP contribution in [0.2, 0.25) is 0 Å². The van der Waals surface area contributed by atoms with Crippen molar-refractivity contribution in [1.29, 1.82) is 15.8 Å². The number of carbonyl (C=O) groups excluding carboxylic acids is 3. The highest BCUT2D eigenvalue weighted by atomic mass is 19.4. The number of pyridine rings is 3. The molecule has 4 fully saturated rings. The van der Waals surface area contributed by atoms with E-state index in [2.05, 4.69) is 31.8 Å². The topological polar surface area (TPSA) is 234 Å². The van der Waals surface area contributed by atoms with Gasteiger partial charge in [-0.1, -0.05) is 67.4 Å². The van der Waals surface area contributed by atoms with Crippen molar-refractivity contribution in [3.63, 3.8) is 0 Å².